The summed E-state index contributed by atoms with van der Waals surface area (Å²) in [5.41, 5.74) is 1.47. The van der Waals surface area contributed by atoms with E-state index in [1.807, 2.05) is 6.92 Å². The van der Waals surface area contributed by atoms with E-state index in [1.165, 1.54) is 17.4 Å². The van der Waals surface area contributed by atoms with E-state index < -0.39 is 0 Å². The van der Waals surface area contributed by atoms with Gasteiger partial charge in [-0.3, -0.25) is 0 Å². The van der Waals surface area contributed by atoms with Crippen molar-refractivity contribution in [1.82, 2.24) is 10.3 Å². The van der Waals surface area contributed by atoms with Crippen molar-refractivity contribution in [1.29, 1.82) is 0 Å². The van der Waals surface area contributed by atoms with Crippen LogP contribution in [0.2, 0.25) is 5.02 Å². The third kappa shape index (κ3) is 3.53. The van der Waals surface area contributed by atoms with E-state index in [0.717, 1.165) is 30.1 Å². The maximum Gasteiger partial charge on any atom is 0.134 e. The highest BCUT2D eigenvalue weighted by Gasteiger charge is 2.13. The Labute approximate surface area is 121 Å². The van der Waals surface area contributed by atoms with Crippen LogP contribution in [0.3, 0.4) is 0 Å². The van der Waals surface area contributed by atoms with Gasteiger partial charge >= 0.3 is 0 Å². The van der Waals surface area contributed by atoms with Crippen LogP contribution in [0, 0.1) is 12.7 Å². The number of hydrogen-bond acceptors (Lipinski definition) is 3. The minimum absolute atomic E-state index is 0.325. The molecule has 5 heteroatoms. The summed E-state index contributed by atoms with van der Waals surface area (Å²) in [6.45, 7) is 5.84. The van der Waals surface area contributed by atoms with Crippen LogP contribution in [-0.2, 0) is 6.54 Å². The molecular weight excluding hydrogens is 283 g/mol. The standard InChI is InChI=1S/C14H16ClFN2S/c1-3-6-17-8-13-9(2)18-14(19-13)11-5-4-10(15)7-12(11)16/h4-5,7,17H,3,6,8H2,1-2H3. The summed E-state index contributed by atoms with van der Waals surface area (Å²) in [6.07, 6.45) is 1.09. The fraction of sp³-hybridized carbons (Fsp3) is 0.357. The van der Waals surface area contributed by atoms with E-state index in [4.69, 9.17) is 11.6 Å². The molecule has 0 aliphatic rings. The number of benzene rings is 1. The van der Waals surface area contributed by atoms with Crippen LogP contribution in [-0.4, -0.2) is 11.5 Å². The molecule has 0 aliphatic carbocycles. The molecule has 2 rings (SSSR count). The first kappa shape index (κ1) is 14.4. The molecule has 0 amide bonds. The molecule has 1 aromatic carbocycles. The van der Waals surface area contributed by atoms with Crippen LogP contribution in [0.1, 0.15) is 23.9 Å². The number of hydrogen-bond donors (Lipinski definition) is 1. The summed E-state index contributed by atoms with van der Waals surface area (Å²) in [5, 5.41) is 4.45. The van der Waals surface area contributed by atoms with Gasteiger partial charge in [0.2, 0.25) is 0 Å². The average Bonchev–Trinajstić information content (AvgIpc) is 2.71. The zero-order valence-corrected chi connectivity index (χ0v) is 12.5. The number of halogens is 2. The van der Waals surface area contributed by atoms with E-state index in [2.05, 4.69) is 17.2 Å². The molecule has 102 valence electrons. The number of nitrogens with one attached hydrogen (secondary N) is 1. The van der Waals surface area contributed by atoms with Gasteiger partial charge in [-0.15, -0.1) is 11.3 Å². The molecule has 0 radical (unpaired) electrons. The minimum atomic E-state index is -0.325. The maximum atomic E-state index is 13.9. The number of aryl methyl sites for hydroxylation is 1. The van der Waals surface area contributed by atoms with Crippen molar-refractivity contribution in [3.8, 4) is 10.6 Å². The Morgan fingerprint density at radius 2 is 2.21 bits per heavy atom. The zero-order valence-electron chi connectivity index (χ0n) is 11.0. The van der Waals surface area contributed by atoms with Gasteiger partial charge in [0.15, 0.2) is 0 Å². The molecule has 0 atom stereocenters. The lowest BCUT2D eigenvalue weighted by atomic mass is 10.2. The van der Waals surface area contributed by atoms with Crippen LogP contribution >= 0.6 is 22.9 Å². The SMILES string of the molecule is CCCNCc1sc(-c2ccc(Cl)cc2F)nc1C. The molecule has 1 aromatic heterocycles. The smallest absolute Gasteiger partial charge is 0.134 e. The largest absolute Gasteiger partial charge is 0.312 e. The van der Waals surface area contributed by atoms with Crippen molar-refractivity contribution < 1.29 is 4.39 Å². The molecule has 19 heavy (non-hydrogen) atoms. The molecule has 0 saturated carbocycles. The van der Waals surface area contributed by atoms with Gasteiger partial charge in [-0.25, -0.2) is 9.37 Å². The highest BCUT2D eigenvalue weighted by Crippen LogP contribution is 2.30. The van der Waals surface area contributed by atoms with Crippen molar-refractivity contribution in [2.45, 2.75) is 26.8 Å². The molecular formula is C14H16ClFN2S. The van der Waals surface area contributed by atoms with Gasteiger partial charge in [0.1, 0.15) is 10.8 Å². The second-order valence-corrected chi connectivity index (χ2v) is 5.85. The van der Waals surface area contributed by atoms with Gasteiger partial charge in [-0.05, 0) is 38.1 Å². The van der Waals surface area contributed by atoms with Crippen LogP contribution in [0.25, 0.3) is 10.6 Å². The highest BCUT2D eigenvalue weighted by molar-refractivity contribution is 7.15. The van der Waals surface area contributed by atoms with E-state index in [1.54, 1.807) is 12.1 Å². The van der Waals surface area contributed by atoms with Gasteiger partial charge in [0, 0.05) is 22.0 Å². The summed E-state index contributed by atoms with van der Waals surface area (Å²) in [7, 11) is 0. The Kier molecular flexibility index (Phi) is 4.91. The summed E-state index contributed by atoms with van der Waals surface area (Å²) >= 11 is 7.28. The number of rotatable bonds is 5. The second kappa shape index (κ2) is 6.46. The summed E-state index contributed by atoms with van der Waals surface area (Å²) in [4.78, 5) is 5.60. The fourth-order valence-electron chi connectivity index (χ4n) is 1.75. The van der Waals surface area contributed by atoms with Crippen LogP contribution < -0.4 is 5.32 Å². The van der Waals surface area contributed by atoms with Gasteiger partial charge < -0.3 is 5.32 Å². The predicted octanol–water partition coefficient (Wildman–Crippen LogP) is 4.41. The van der Waals surface area contributed by atoms with Gasteiger partial charge in [-0.1, -0.05) is 18.5 Å². The van der Waals surface area contributed by atoms with Crippen LogP contribution in [0.15, 0.2) is 18.2 Å². The zero-order chi connectivity index (χ0) is 13.8. The highest BCUT2D eigenvalue weighted by atomic mass is 35.5. The summed E-state index contributed by atoms with van der Waals surface area (Å²) in [5.74, 6) is -0.325. The first-order valence-electron chi connectivity index (χ1n) is 6.24. The molecule has 0 saturated heterocycles. The normalized spacial score (nSPS) is 10.9. The average molecular weight is 299 g/mol. The molecule has 1 heterocycles. The van der Waals surface area contributed by atoms with E-state index >= 15 is 0 Å². The van der Waals surface area contributed by atoms with Crippen molar-refractivity contribution in [2.75, 3.05) is 6.54 Å². The lowest BCUT2D eigenvalue weighted by molar-refractivity contribution is 0.631. The van der Waals surface area contributed by atoms with E-state index in [0.29, 0.717) is 15.6 Å². The second-order valence-electron chi connectivity index (χ2n) is 4.33. The van der Waals surface area contributed by atoms with Crippen molar-refractivity contribution >= 4 is 22.9 Å². The molecule has 0 aliphatic heterocycles. The number of thiazole rings is 1. The maximum absolute atomic E-state index is 13.9. The van der Waals surface area contributed by atoms with Crippen LogP contribution in [0.4, 0.5) is 4.39 Å². The molecule has 0 fully saturated rings. The topological polar surface area (TPSA) is 24.9 Å². The first-order valence-corrected chi connectivity index (χ1v) is 7.43. The van der Waals surface area contributed by atoms with Crippen molar-refractivity contribution in [2.24, 2.45) is 0 Å². The predicted molar refractivity (Wildman–Crippen MR) is 79.3 cm³/mol. The molecule has 0 bridgehead atoms. The Morgan fingerprint density at radius 1 is 1.42 bits per heavy atom. The lowest BCUT2D eigenvalue weighted by Gasteiger charge is -2.00. The lowest BCUT2D eigenvalue weighted by Crippen LogP contribution is -2.13. The van der Waals surface area contributed by atoms with Gasteiger partial charge in [0.05, 0.1) is 5.69 Å². The van der Waals surface area contributed by atoms with E-state index in [9.17, 15) is 4.39 Å². The van der Waals surface area contributed by atoms with E-state index in [-0.39, 0.29) is 5.82 Å². The Hall–Kier alpha value is -0.970. The Morgan fingerprint density at radius 3 is 2.89 bits per heavy atom. The minimum Gasteiger partial charge on any atom is -0.312 e. The summed E-state index contributed by atoms with van der Waals surface area (Å²) < 4.78 is 13.9. The Balaban J connectivity index is 2.23. The van der Waals surface area contributed by atoms with Gasteiger partial charge in [-0.2, -0.15) is 0 Å². The van der Waals surface area contributed by atoms with Crippen molar-refractivity contribution in [3.63, 3.8) is 0 Å². The van der Waals surface area contributed by atoms with Gasteiger partial charge in [0.25, 0.3) is 0 Å². The number of aromatic nitrogens is 1. The first-order chi connectivity index (χ1) is 9.11. The Bertz CT molecular complexity index is 569. The third-order valence-electron chi connectivity index (χ3n) is 2.77. The molecule has 0 spiro atoms. The van der Waals surface area contributed by atoms with Crippen molar-refractivity contribution in [3.05, 3.63) is 39.6 Å². The van der Waals surface area contributed by atoms with Crippen LogP contribution in [0.5, 0.6) is 0 Å². The third-order valence-corrected chi connectivity index (χ3v) is 4.19. The molecule has 2 nitrogen and oxygen atoms in total. The fourth-order valence-corrected chi connectivity index (χ4v) is 2.97. The quantitative estimate of drug-likeness (QED) is 0.827. The molecule has 0 unspecified atom stereocenters. The number of nitrogens with zero attached hydrogens (tertiary/aromatic N) is 1. The molecule has 2 aromatic rings. The monoisotopic (exact) mass is 298 g/mol. The summed E-state index contributed by atoms with van der Waals surface area (Å²) in [6, 6.07) is 4.69. The molecule has 1 N–H and O–H groups in total.